The SMILES string of the molecule is C=C(C)C(=O)OCC(N)CC.Cl. The molecule has 0 saturated carbocycles. The van der Waals surface area contributed by atoms with Crippen LogP contribution in [0.15, 0.2) is 12.2 Å². The fourth-order valence-corrected chi connectivity index (χ4v) is 0.424. The first-order chi connectivity index (χ1) is 5.07. The Hall–Kier alpha value is -0.540. The molecular formula is C8H16ClNO2. The lowest BCUT2D eigenvalue weighted by molar-refractivity contribution is -0.139. The summed E-state index contributed by atoms with van der Waals surface area (Å²) in [6, 6.07) is -0.0571. The second-order valence-electron chi connectivity index (χ2n) is 2.55. The second-order valence-corrected chi connectivity index (χ2v) is 2.55. The van der Waals surface area contributed by atoms with Gasteiger partial charge in [-0.3, -0.25) is 0 Å². The lowest BCUT2D eigenvalue weighted by atomic mass is 10.2. The van der Waals surface area contributed by atoms with Gasteiger partial charge >= 0.3 is 5.97 Å². The van der Waals surface area contributed by atoms with E-state index in [0.717, 1.165) is 6.42 Å². The largest absolute Gasteiger partial charge is 0.461 e. The molecule has 0 saturated heterocycles. The lowest BCUT2D eigenvalue weighted by Crippen LogP contribution is -2.26. The molecule has 12 heavy (non-hydrogen) atoms. The van der Waals surface area contributed by atoms with Crippen molar-refractivity contribution < 1.29 is 9.53 Å². The molecule has 72 valence electrons. The Morgan fingerprint density at radius 2 is 2.17 bits per heavy atom. The van der Waals surface area contributed by atoms with Gasteiger partial charge in [0.1, 0.15) is 6.61 Å². The highest BCUT2D eigenvalue weighted by molar-refractivity contribution is 5.86. The number of ether oxygens (including phenoxy) is 1. The van der Waals surface area contributed by atoms with Crippen LogP contribution in [-0.2, 0) is 9.53 Å². The third-order valence-electron chi connectivity index (χ3n) is 1.30. The second kappa shape index (κ2) is 7.13. The number of esters is 1. The minimum absolute atomic E-state index is 0. The van der Waals surface area contributed by atoms with Crippen molar-refractivity contribution in [1.82, 2.24) is 0 Å². The summed E-state index contributed by atoms with van der Waals surface area (Å²) in [7, 11) is 0. The van der Waals surface area contributed by atoms with E-state index in [-0.39, 0.29) is 31.0 Å². The fourth-order valence-electron chi connectivity index (χ4n) is 0.424. The van der Waals surface area contributed by atoms with Gasteiger partial charge < -0.3 is 10.5 Å². The summed E-state index contributed by atoms with van der Waals surface area (Å²) in [5.74, 6) is -0.367. The van der Waals surface area contributed by atoms with Crippen molar-refractivity contribution in [2.75, 3.05) is 6.61 Å². The third kappa shape index (κ3) is 6.19. The van der Waals surface area contributed by atoms with Crippen molar-refractivity contribution in [3.8, 4) is 0 Å². The number of nitrogens with two attached hydrogens (primary N) is 1. The fraction of sp³-hybridized carbons (Fsp3) is 0.625. The van der Waals surface area contributed by atoms with Crippen LogP contribution in [0.25, 0.3) is 0 Å². The summed E-state index contributed by atoms with van der Waals surface area (Å²) in [6.07, 6.45) is 0.809. The topological polar surface area (TPSA) is 52.3 Å². The molecule has 3 nitrogen and oxygen atoms in total. The van der Waals surface area contributed by atoms with Crippen molar-refractivity contribution in [1.29, 1.82) is 0 Å². The molecule has 0 aromatic heterocycles. The highest BCUT2D eigenvalue weighted by Crippen LogP contribution is 1.94. The lowest BCUT2D eigenvalue weighted by Gasteiger charge is -2.08. The summed E-state index contributed by atoms with van der Waals surface area (Å²) in [5.41, 5.74) is 5.92. The zero-order valence-corrected chi connectivity index (χ0v) is 8.32. The average Bonchev–Trinajstić information content (AvgIpc) is 1.99. The molecule has 0 rings (SSSR count). The van der Waals surface area contributed by atoms with Crippen LogP contribution in [0.2, 0.25) is 0 Å². The number of halogens is 1. The first kappa shape index (κ1) is 14.0. The van der Waals surface area contributed by atoms with Gasteiger partial charge in [0.2, 0.25) is 0 Å². The van der Waals surface area contributed by atoms with Crippen LogP contribution < -0.4 is 5.73 Å². The quantitative estimate of drug-likeness (QED) is 0.541. The Kier molecular flexibility index (Phi) is 8.32. The standard InChI is InChI=1S/C8H15NO2.ClH/c1-4-7(9)5-11-8(10)6(2)3;/h7H,2,4-5,9H2,1,3H3;1H. The van der Waals surface area contributed by atoms with Gasteiger partial charge in [0.25, 0.3) is 0 Å². The van der Waals surface area contributed by atoms with Crippen molar-refractivity contribution in [3.63, 3.8) is 0 Å². The summed E-state index contributed by atoms with van der Waals surface area (Å²) < 4.78 is 4.79. The van der Waals surface area contributed by atoms with Crippen LogP contribution in [0.3, 0.4) is 0 Å². The van der Waals surface area contributed by atoms with Gasteiger partial charge in [0, 0.05) is 11.6 Å². The molecule has 0 aliphatic rings. The van der Waals surface area contributed by atoms with Crippen LogP contribution in [0, 0.1) is 0 Å². The van der Waals surface area contributed by atoms with E-state index < -0.39 is 0 Å². The van der Waals surface area contributed by atoms with Gasteiger partial charge in [-0.25, -0.2) is 4.79 Å². The van der Waals surface area contributed by atoms with Crippen molar-refractivity contribution in [2.24, 2.45) is 5.73 Å². The molecule has 0 aliphatic heterocycles. The van der Waals surface area contributed by atoms with Gasteiger partial charge in [-0.1, -0.05) is 13.5 Å². The van der Waals surface area contributed by atoms with E-state index in [1.807, 2.05) is 6.92 Å². The Bertz CT molecular complexity index is 159. The maximum Gasteiger partial charge on any atom is 0.333 e. The molecule has 0 fully saturated rings. The van der Waals surface area contributed by atoms with E-state index in [0.29, 0.717) is 5.57 Å². The molecule has 0 aliphatic carbocycles. The van der Waals surface area contributed by atoms with Crippen LogP contribution >= 0.6 is 12.4 Å². The molecule has 2 N–H and O–H groups in total. The van der Waals surface area contributed by atoms with Crippen LogP contribution in [0.4, 0.5) is 0 Å². The first-order valence-electron chi connectivity index (χ1n) is 3.66. The molecule has 1 atom stereocenters. The molecule has 0 bridgehead atoms. The maximum absolute atomic E-state index is 10.8. The predicted octanol–water partition coefficient (Wildman–Crippen LogP) is 1.26. The molecule has 0 aromatic carbocycles. The third-order valence-corrected chi connectivity index (χ3v) is 1.30. The first-order valence-corrected chi connectivity index (χ1v) is 3.66. The highest BCUT2D eigenvalue weighted by atomic mass is 35.5. The van der Waals surface area contributed by atoms with Crippen molar-refractivity contribution >= 4 is 18.4 Å². The maximum atomic E-state index is 10.8. The van der Waals surface area contributed by atoms with Crippen molar-refractivity contribution in [3.05, 3.63) is 12.2 Å². The van der Waals surface area contributed by atoms with Gasteiger partial charge in [-0.15, -0.1) is 12.4 Å². The van der Waals surface area contributed by atoms with E-state index in [1.54, 1.807) is 6.92 Å². The van der Waals surface area contributed by atoms with Gasteiger partial charge in [0.15, 0.2) is 0 Å². The number of hydrogen-bond acceptors (Lipinski definition) is 3. The number of rotatable bonds is 4. The van der Waals surface area contributed by atoms with E-state index in [4.69, 9.17) is 10.5 Å². The molecule has 0 spiro atoms. The Morgan fingerprint density at radius 1 is 1.67 bits per heavy atom. The van der Waals surface area contributed by atoms with E-state index in [9.17, 15) is 4.79 Å². The molecule has 1 unspecified atom stereocenters. The smallest absolute Gasteiger partial charge is 0.333 e. The van der Waals surface area contributed by atoms with Gasteiger partial charge in [-0.2, -0.15) is 0 Å². The zero-order chi connectivity index (χ0) is 8.85. The molecule has 0 amide bonds. The number of carbonyl (C=O) groups is 1. The summed E-state index contributed by atoms with van der Waals surface area (Å²) in [5, 5.41) is 0. The summed E-state index contributed by atoms with van der Waals surface area (Å²) >= 11 is 0. The minimum Gasteiger partial charge on any atom is -0.461 e. The van der Waals surface area contributed by atoms with Gasteiger partial charge in [0.05, 0.1) is 0 Å². The minimum atomic E-state index is -0.367. The Morgan fingerprint density at radius 3 is 2.50 bits per heavy atom. The number of hydrogen-bond donors (Lipinski definition) is 1. The molecule has 0 radical (unpaired) electrons. The van der Waals surface area contributed by atoms with Crippen LogP contribution in [-0.4, -0.2) is 18.6 Å². The summed E-state index contributed by atoms with van der Waals surface area (Å²) in [6.45, 7) is 7.28. The number of carbonyl (C=O) groups excluding carboxylic acids is 1. The monoisotopic (exact) mass is 193 g/mol. The van der Waals surface area contributed by atoms with E-state index in [2.05, 4.69) is 6.58 Å². The Labute approximate surface area is 79.4 Å². The molecular weight excluding hydrogens is 178 g/mol. The predicted molar refractivity (Wildman–Crippen MR) is 51.3 cm³/mol. The summed E-state index contributed by atoms with van der Waals surface area (Å²) in [4.78, 5) is 10.8. The van der Waals surface area contributed by atoms with Crippen LogP contribution in [0.1, 0.15) is 20.3 Å². The average molecular weight is 194 g/mol. The molecule has 0 aromatic rings. The van der Waals surface area contributed by atoms with E-state index in [1.165, 1.54) is 0 Å². The zero-order valence-electron chi connectivity index (χ0n) is 7.50. The van der Waals surface area contributed by atoms with Gasteiger partial charge in [-0.05, 0) is 13.3 Å². The van der Waals surface area contributed by atoms with Crippen molar-refractivity contribution in [2.45, 2.75) is 26.3 Å². The van der Waals surface area contributed by atoms with Crippen LogP contribution in [0.5, 0.6) is 0 Å². The normalized spacial score (nSPS) is 11.2. The Balaban J connectivity index is 0. The molecule has 4 heteroatoms. The van der Waals surface area contributed by atoms with E-state index >= 15 is 0 Å². The highest BCUT2D eigenvalue weighted by Gasteiger charge is 2.05. The molecule has 0 heterocycles.